The Labute approximate surface area is 128 Å². The van der Waals surface area contributed by atoms with E-state index >= 15 is 0 Å². The fraction of sp³-hybridized carbons (Fsp3) is 0.571. The molecular weight excluding hydrogens is 328 g/mol. The molecule has 0 spiro atoms. The van der Waals surface area contributed by atoms with E-state index in [9.17, 15) is 5.11 Å². The first-order valence-corrected chi connectivity index (χ1v) is 7.77. The highest BCUT2D eigenvalue weighted by Crippen LogP contribution is 2.35. The summed E-state index contributed by atoms with van der Waals surface area (Å²) in [4.78, 5) is 2.32. The summed E-state index contributed by atoms with van der Waals surface area (Å²) in [6, 6.07) is 5.87. The minimum atomic E-state index is -0.427. The number of hydrogen-bond acceptors (Lipinski definition) is 3. The molecule has 0 saturated carbocycles. The van der Waals surface area contributed by atoms with Crippen molar-refractivity contribution < 1.29 is 5.11 Å². The van der Waals surface area contributed by atoms with Gasteiger partial charge in [-0.25, -0.2) is 0 Å². The van der Waals surface area contributed by atoms with Gasteiger partial charge in [-0.3, -0.25) is 4.90 Å². The standard InChI is InChI=1S/C14H20BrClN2O/c1-14(10-19,18-7-2-5-17-6-8-18)12-4-3-11(15)9-13(12)16/h3-4,9,17,19H,2,5-8,10H2,1H3. The van der Waals surface area contributed by atoms with Crippen LogP contribution in [0.2, 0.25) is 5.02 Å². The highest BCUT2D eigenvalue weighted by atomic mass is 79.9. The van der Waals surface area contributed by atoms with Crippen LogP contribution in [0.3, 0.4) is 0 Å². The molecule has 0 amide bonds. The number of hydrogen-bond donors (Lipinski definition) is 2. The SMILES string of the molecule is CC(CO)(c1ccc(Br)cc1Cl)N1CCCNCC1. The molecular formula is C14H20BrClN2O. The zero-order valence-electron chi connectivity index (χ0n) is 11.1. The van der Waals surface area contributed by atoms with E-state index in [1.165, 1.54) is 0 Å². The number of aliphatic hydroxyl groups excluding tert-OH is 1. The Kier molecular flexibility index (Phi) is 5.26. The third-order valence-corrected chi connectivity index (χ3v) is 4.66. The average Bonchev–Trinajstić information content (AvgIpc) is 2.67. The van der Waals surface area contributed by atoms with Crippen LogP contribution >= 0.6 is 27.5 Å². The summed E-state index contributed by atoms with van der Waals surface area (Å²) in [6.07, 6.45) is 1.09. The molecule has 3 nitrogen and oxygen atoms in total. The molecule has 1 aromatic rings. The smallest absolute Gasteiger partial charge is 0.0680 e. The van der Waals surface area contributed by atoms with Crippen LogP contribution in [-0.2, 0) is 5.54 Å². The minimum absolute atomic E-state index is 0.0638. The van der Waals surface area contributed by atoms with Crippen molar-refractivity contribution in [3.8, 4) is 0 Å². The first-order valence-electron chi connectivity index (χ1n) is 6.60. The van der Waals surface area contributed by atoms with Crippen LogP contribution in [0.5, 0.6) is 0 Å². The first-order chi connectivity index (χ1) is 9.08. The van der Waals surface area contributed by atoms with Gasteiger partial charge in [-0.05, 0) is 37.6 Å². The van der Waals surface area contributed by atoms with Crippen LogP contribution in [0.25, 0.3) is 0 Å². The molecule has 0 aromatic heterocycles. The normalized spacial score (nSPS) is 20.8. The van der Waals surface area contributed by atoms with Crippen LogP contribution < -0.4 is 5.32 Å². The van der Waals surface area contributed by atoms with Gasteiger partial charge < -0.3 is 10.4 Å². The van der Waals surface area contributed by atoms with E-state index in [0.717, 1.165) is 42.6 Å². The Morgan fingerprint density at radius 1 is 1.42 bits per heavy atom. The highest BCUT2D eigenvalue weighted by molar-refractivity contribution is 9.10. The molecule has 1 atom stereocenters. The summed E-state index contributed by atoms with van der Waals surface area (Å²) in [5, 5.41) is 14.0. The molecule has 0 bridgehead atoms. The molecule has 1 aliphatic heterocycles. The van der Waals surface area contributed by atoms with Gasteiger partial charge >= 0.3 is 0 Å². The molecule has 2 rings (SSSR count). The van der Waals surface area contributed by atoms with Gasteiger partial charge in [-0.2, -0.15) is 0 Å². The van der Waals surface area contributed by atoms with Gasteiger partial charge in [-0.15, -0.1) is 0 Å². The summed E-state index contributed by atoms with van der Waals surface area (Å²) >= 11 is 9.79. The van der Waals surface area contributed by atoms with Crippen molar-refractivity contribution in [3.63, 3.8) is 0 Å². The molecule has 5 heteroatoms. The van der Waals surface area contributed by atoms with Crippen LogP contribution in [-0.4, -0.2) is 42.8 Å². The zero-order chi connectivity index (χ0) is 13.9. The predicted octanol–water partition coefficient (Wildman–Crippen LogP) is 2.61. The van der Waals surface area contributed by atoms with E-state index in [0.29, 0.717) is 5.02 Å². The monoisotopic (exact) mass is 346 g/mol. The van der Waals surface area contributed by atoms with Gasteiger partial charge in [0.1, 0.15) is 0 Å². The molecule has 0 aliphatic carbocycles. The van der Waals surface area contributed by atoms with Gasteiger partial charge in [0.15, 0.2) is 0 Å². The second-order valence-corrected chi connectivity index (χ2v) is 6.47. The molecule has 1 aliphatic rings. The molecule has 106 valence electrons. The van der Waals surface area contributed by atoms with Crippen molar-refractivity contribution >= 4 is 27.5 Å². The number of aliphatic hydroxyl groups is 1. The van der Waals surface area contributed by atoms with E-state index in [2.05, 4.69) is 33.1 Å². The highest BCUT2D eigenvalue weighted by Gasteiger charge is 2.35. The van der Waals surface area contributed by atoms with Crippen molar-refractivity contribution in [3.05, 3.63) is 33.3 Å². The Morgan fingerprint density at radius 2 is 2.21 bits per heavy atom. The van der Waals surface area contributed by atoms with Crippen molar-refractivity contribution in [2.45, 2.75) is 18.9 Å². The predicted molar refractivity (Wildman–Crippen MR) is 82.6 cm³/mol. The lowest BCUT2D eigenvalue weighted by Gasteiger charge is -2.40. The van der Waals surface area contributed by atoms with E-state index < -0.39 is 5.54 Å². The minimum Gasteiger partial charge on any atom is -0.394 e. The summed E-state index contributed by atoms with van der Waals surface area (Å²) in [5.74, 6) is 0. The largest absolute Gasteiger partial charge is 0.394 e. The maximum absolute atomic E-state index is 9.94. The van der Waals surface area contributed by atoms with Gasteiger partial charge in [0.2, 0.25) is 0 Å². The maximum atomic E-state index is 9.94. The van der Waals surface area contributed by atoms with E-state index in [4.69, 9.17) is 11.6 Å². The Hall–Kier alpha value is -0.130. The van der Waals surface area contributed by atoms with Crippen molar-refractivity contribution in [2.75, 3.05) is 32.8 Å². The number of rotatable bonds is 3. The van der Waals surface area contributed by atoms with Crippen LogP contribution in [0.15, 0.2) is 22.7 Å². The third kappa shape index (κ3) is 3.31. The zero-order valence-corrected chi connectivity index (χ0v) is 13.5. The summed E-state index contributed by atoms with van der Waals surface area (Å²) < 4.78 is 0.957. The molecule has 1 fully saturated rings. The molecule has 19 heavy (non-hydrogen) atoms. The lowest BCUT2D eigenvalue weighted by molar-refractivity contribution is 0.0453. The molecule has 0 radical (unpaired) electrons. The summed E-state index contributed by atoms with van der Waals surface area (Å²) in [5.41, 5.74) is 0.561. The molecule has 1 aromatic carbocycles. The van der Waals surface area contributed by atoms with Crippen molar-refractivity contribution in [1.82, 2.24) is 10.2 Å². The first kappa shape index (κ1) is 15.3. The fourth-order valence-electron chi connectivity index (χ4n) is 2.62. The van der Waals surface area contributed by atoms with Crippen molar-refractivity contribution in [1.29, 1.82) is 0 Å². The molecule has 1 unspecified atom stereocenters. The van der Waals surface area contributed by atoms with E-state index in [-0.39, 0.29) is 6.61 Å². The van der Waals surface area contributed by atoms with Gasteiger partial charge in [0.05, 0.1) is 12.1 Å². The van der Waals surface area contributed by atoms with Crippen LogP contribution in [0.4, 0.5) is 0 Å². The van der Waals surface area contributed by atoms with E-state index in [1.807, 2.05) is 18.2 Å². The fourth-order valence-corrected chi connectivity index (χ4v) is 3.50. The lowest BCUT2D eigenvalue weighted by Crippen LogP contribution is -2.48. The number of benzene rings is 1. The quantitative estimate of drug-likeness (QED) is 0.882. The summed E-state index contributed by atoms with van der Waals surface area (Å²) in [6.45, 7) is 6.00. The van der Waals surface area contributed by atoms with Gasteiger partial charge in [0.25, 0.3) is 0 Å². The van der Waals surface area contributed by atoms with Crippen LogP contribution in [0.1, 0.15) is 18.9 Å². The van der Waals surface area contributed by atoms with Crippen molar-refractivity contribution in [2.24, 2.45) is 0 Å². The lowest BCUT2D eigenvalue weighted by atomic mass is 9.90. The van der Waals surface area contributed by atoms with E-state index in [1.54, 1.807) is 0 Å². The molecule has 1 saturated heterocycles. The van der Waals surface area contributed by atoms with Gasteiger partial charge in [0, 0.05) is 29.1 Å². The molecule has 2 N–H and O–H groups in total. The summed E-state index contributed by atoms with van der Waals surface area (Å²) in [7, 11) is 0. The maximum Gasteiger partial charge on any atom is 0.0680 e. The Bertz CT molecular complexity index is 435. The average molecular weight is 348 g/mol. The third-order valence-electron chi connectivity index (χ3n) is 3.86. The number of nitrogens with zero attached hydrogens (tertiary/aromatic N) is 1. The number of nitrogens with one attached hydrogen (secondary N) is 1. The van der Waals surface area contributed by atoms with Gasteiger partial charge in [-0.1, -0.05) is 33.6 Å². The Balaban J connectivity index is 2.34. The van der Waals surface area contributed by atoms with Crippen LogP contribution in [0, 0.1) is 0 Å². The second kappa shape index (κ2) is 6.55. The Morgan fingerprint density at radius 3 is 2.89 bits per heavy atom. The second-order valence-electron chi connectivity index (χ2n) is 5.15. The number of halogens is 2. The topological polar surface area (TPSA) is 35.5 Å². The molecule has 1 heterocycles.